The number of terminal acetylenes is 2. The molecule has 0 aliphatic heterocycles. The molecule has 0 saturated carbocycles. The number of hydrogen-bond donors (Lipinski definition) is 2. The zero-order valence-corrected chi connectivity index (χ0v) is 6.20. The highest BCUT2D eigenvalue weighted by molar-refractivity contribution is 4.90. The number of hydrogen-bond acceptors (Lipinski definition) is 2. The van der Waals surface area contributed by atoms with Gasteiger partial charge in [0, 0.05) is 0 Å². The van der Waals surface area contributed by atoms with E-state index in [-0.39, 0.29) is 0 Å². The quantitative estimate of drug-likeness (QED) is 0.465. The zero-order chi connectivity index (χ0) is 8.57. The van der Waals surface area contributed by atoms with E-state index in [0.717, 1.165) is 0 Å². The van der Waals surface area contributed by atoms with Gasteiger partial charge in [0.05, 0.1) is 0 Å². The first-order chi connectivity index (χ1) is 4.54. The second kappa shape index (κ2) is 8.04. The van der Waals surface area contributed by atoms with Gasteiger partial charge >= 0.3 is 0 Å². The molecule has 2 N–H and O–H groups in total. The van der Waals surface area contributed by atoms with Gasteiger partial charge in [0.15, 0.2) is 0 Å². The van der Waals surface area contributed by atoms with Crippen molar-refractivity contribution in [1.29, 1.82) is 0 Å². The van der Waals surface area contributed by atoms with E-state index in [1.807, 2.05) is 0 Å². The predicted octanol–water partition coefficient (Wildman–Crippen LogP) is 0.000800. The van der Waals surface area contributed by atoms with E-state index in [9.17, 15) is 0 Å². The Bertz CT molecular complexity index is 116. The Morgan fingerprint density at radius 3 is 1.10 bits per heavy atom. The lowest BCUT2D eigenvalue weighted by Gasteiger charge is -1.80. The highest BCUT2D eigenvalue weighted by atomic mass is 16.3. The Labute approximate surface area is 61.9 Å². The van der Waals surface area contributed by atoms with Crippen molar-refractivity contribution in [1.82, 2.24) is 0 Å². The van der Waals surface area contributed by atoms with Crippen LogP contribution in [-0.4, -0.2) is 22.4 Å². The molecule has 0 amide bonds. The molecule has 0 radical (unpaired) electrons. The van der Waals surface area contributed by atoms with Crippen molar-refractivity contribution < 1.29 is 10.2 Å². The molecule has 0 spiro atoms. The van der Waals surface area contributed by atoms with Gasteiger partial charge in [-0.1, -0.05) is 11.8 Å². The average Bonchev–Trinajstić information content (AvgIpc) is 1.89. The summed E-state index contributed by atoms with van der Waals surface area (Å²) < 4.78 is 0. The summed E-state index contributed by atoms with van der Waals surface area (Å²) in [7, 11) is 0. The standard InChI is InChI=1S/2C4H6O/c2*1-3-4(2)5/h2*1,4-5H,2H3. The van der Waals surface area contributed by atoms with Crippen LogP contribution in [0.5, 0.6) is 0 Å². The van der Waals surface area contributed by atoms with Crippen LogP contribution in [0, 0.1) is 24.7 Å². The SMILES string of the molecule is C#CC(C)O.C#CC(C)O. The fourth-order valence-electron chi connectivity index (χ4n) is 0. The molecular formula is C8H12O2. The summed E-state index contributed by atoms with van der Waals surface area (Å²) in [6.45, 7) is 3.08. The van der Waals surface area contributed by atoms with Gasteiger partial charge in [0.2, 0.25) is 0 Å². The van der Waals surface area contributed by atoms with E-state index in [1.165, 1.54) is 0 Å². The van der Waals surface area contributed by atoms with E-state index in [4.69, 9.17) is 10.2 Å². The van der Waals surface area contributed by atoms with Gasteiger partial charge in [-0.05, 0) is 13.8 Å². The Morgan fingerprint density at radius 2 is 1.10 bits per heavy atom. The van der Waals surface area contributed by atoms with E-state index < -0.39 is 12.2 Å². The van der Waals surface area contributed by atoms with E-state index >= 15 is 0 Å². The highest BCUT2D eigenvalue weighted by Crippen LogP contribution is 1.66. The summed E-state index contributed by atoms with van der Waals surface area (Å²) in [5.74, 6) is 4.17. The molecular weight excluding hydrogens is 128 g/mol. The van der Waals surface area contributed by atoms with Crippen molar-refractivity contribution in [2.75, 3.05) is 0 Å². The molecule has 0 rings (SSSR count). The minimum Gasteiger partial charge on any atom is -0.381 e. The molecule has 0 fully saturated rings. The first-order valence-electron chi connectivity index (χ1n) is 2.83. The molecule has 0 aliphatic carbocycles. The van der Waals surface area contributed by atoms with E-state index in [2.05, 4.69) is 24.7 Å². The van der Waals surface area contributed by atoms with Crippen molar-refractivity contribution in [3.63, 3.8) is 0 Å². The maximum absolute atomic E-state index is 8.12. The fourth-order valence-corrected chi connectivity index (χ4v) is 0. The Balaban J connectivity index is 0. The van der Waals surface area contributed by atoms with Gasteiger partial charge in [-0.2, -0.15) is 0 Å². The summed E-state index contributed by atoms with van der Waals surface area (Å²) in [4.78, 5) is 0. The number of aliphatic hydroxyl groups excluding tert-OH is 2. The zero-order valence-electron chi connectivity index (χ0n) is 6.20. The molecule has 0 aromatic heterocycles. The van der Waals surface area contributed by atoms with Crippen molar-refractivity contribution >= 4 is 0 Å². The molecule has 2 heteroatoms. The molecule has 0 aliphatic rings. The van der Waals surface area contributed by atoms with Gasteiger partial charge in [-0.15, -0.1) is 12.8 Å². The van der Waals surface area contributed by atoms with Gasteiger partial charge in [-0.3, -0.25) is 0 Å². The van der Waals surface area contributed by atoms with Crippen LogP contribution in [0.15, 0.2) is 0 Å². The minimum atomic E-state index is -0.588. The molecule has 0 aromatic rings. The number of rotatable bonds is 0. The maximum Gasteiger partial charge on any atom is 0.111 e. The van der Waals surface area contributed by atoms with Crippen molar-refractivity contribution in [3.8, 4) is 24.7 Å². The second-order valence-electron chi connectivity index (χ2n) is 1.69. The van der Waals surface area contributed by atoms with E-state index in [0.29, 0.717) is 0 Å². The van der Waals surface area contributed by atoms with Crippen molar-refractivity contribution in [3.05, 3.63) is 0 Å². The molecule has 2 nitrogen and oxygen atoms in total. The second-order valence-corrected chi connectivity index (χ2v) is 1.69. The third kappa shape index (κ3) is 27.8. The molecule has 0 bridgehead atoms. The van der Waals surface area contributed by atoms with Gasteiger partial charge in [0.25, 0.3) is 0 Å². The van der Waals surface area contributed by atoms with Crippen LogP contribution < -0.4 is 0 Å². The third-order valence-corrected chi connectivity index (χ3v) is 0.482. The molecule has 2 unspecified atom stereocenters. The summed E-state index contributed by atoms with van der Waals surface area (Å²) in [5, 5.41) is 16.2. The van der Waals surface area contributed by atoms with Gasteiger partial charge < -0.3 is 10.2 Å². The summed E-state index contributed by atoms with van der Waals surface area (Å²) in [6, 6.07) is 0. The molecule has 0 saturated heterocycles. The molecule has 0 heterocycles. The molecule has 0 aromatic carbocycles. The van der Waals surface area contributed by atoms with Crippen LogP contribution in [0.4, 0.5) is 0 Å². The smallest absolute Gasteiger partial charge is 0.111 e. The number of aliphatic hydroxyl groups is 2. The summed E-state index contributed by atoms with van der Waals surface area (Å²) >= 11 is 0. The predicted molar refractivity (Wildman–Crippen MR) is 41.0 cm³/mol. The molecule has 2 atom stereocenters. The van der Waals surface area contributed by atoms with Crippen molar-refractivity contribution in [2.45, 2.75) is 26.1 Å². The van der Waals surface area contributed by atoms with Crippen LogP contribution in [-0.2, 0) is 0 Å². The Morgan fingerprint density at radius 1 is 1.00 bits per heavy atom. The topological polar surface area (TPSA) is 40.5 Å². The lowest BCUT2D eigenvalue weighted by molar-refractivity contribution is 0.253. The van der Waals surface area contributed by atoms with Crippen LogP contribution in [0.25, 0.3) is 0 Å². The Hall–Kier alpha value is -0.960. The van der Waals surface area contributed by atoms with Crippen molar-refractivity contribution in [2.24, 2.45) is 0 Å². The first-order valence-corrected chi connectivity index (χ1v) is 2.83. The van der Waals surface area contributed by atoms with Crippen LogP contribution >= 0.6 is 0 Å². The van der Waals surface area contributed by atoms with E-state index in [1.54, 1.807) is 13.8 Å². The van der Waals surface area contributed by atoms with Crippen LogP contribution in [0.3, 0.4) is 0 Å². The minimum absolute atomic E-state index is 0.588. The maximum atomic E-state index is 8.12. The summed E-state index contributed by atoms with van der Waals surface area (Å²) in [6.07, 6.45) is 8.17. The lowest BCUT2D eigenvalue weighted by atomic mass is 10.4. The van der Waals surface area contributed by atoms with Gasteiger partial charge in [-0.25, -0.2) is 0 Å². The van der Waals surface area contributed by atoms with Crippen LogP contribution in [0.2, 0.25) is 0 Å². The van der Waals surface area contributed by atoms with Crippen LogP contribution in [0.1, 0.15) is 13.8 Å². The monoisotopic (exact) mass is 140 g/mol. The highest BCUT2D eigenvalue weighted by Gasteiger charge is 1.76. The normalized spacial score (nSPS) is 13.0. The Kier molecular flexibility index (Phi) is 9.48. The average molecular weight is 140 g/mol. The molecule has 56 valence electrons. The summed E-state index contributed by atoms with van der Waals surface area (Å²) in [5.41, 5.74) is 0. The lowest BCUT2D eigenvalue weighted by Crippen LogP contribution is -1.90. The molecule has 10 heavy (non-hydrogen) atoms. The van der Waals surface area contributed by atoms with Gasteiger partial charge in [0.1, 0.15) is 12.2 Å². The first kappa shape index (κ1) is 11.8. The largest absolute Gasteiger partial charge is 0.381 e. The third-order valence-electron chi connectivity index (χ3n) is 0.482. The fraction of sp³-hybridized carbons (Fsp3) is 0.500.